The van der Waals surface area contributed by atoms with Crippen molar-refractivity contribution in [3.05, 3.63) is 63.5 Å². The van der Waals surface area contributed by atoms with Crippen LogP contribution < -0.4 is 9.47 Å². The molecule has 0 bridgehead atoms. The van der Waals surface area contributed by atoms with Gasteiger partial charge in [0.1, 0.15) is 5.75 Å². The van der Waals surface area contributed by atoms with E-state index >= 15 is 0 Å². The van der Waals surface area contributed by atoms with E-state index < -0.39 is 5.60 Å². The largest absolute Gasteiger partial charge is 0.618 e. The summed E-state index contributed by atoms with van der Waals surface area (Å²) in [5.74, 6) is 0.603. The number of rotatable bonds is 1. The molecule has 22 heavy (non-hydrogen) atoms. The lowest BCUT2D eigenvalue weighted by Gasteiger charge is -2.31. The normalized spacial score (nSPS) is 23.3. The van der Waals surface area contributed by atoms with Crippen molar-refractivity contribution in [2.75, 3.05) is 6.61 Å². The molecule has 1 aliphatic rings. The van der Waals surface area contributed by atoms with Crippen LogP contribution in [0.1, 0.15) is 31.5 Å². The molecule has 0 saturated carbocycles. The van der Waals surface area contributed by atoms with E-state index in [-0.39, 0.29) is 5.41 Å². The minimum Gasteiger partial charge on any atom is -0.618 e. The van der Waals surface area contributed by atoms with E-state index in [9.17, 15) is 10.3 Å². The van der Waals surface area contributed by atoms with E-state index in [1.807, 2.05) is 32.0 Å². The fourth-order valence-electron chi connectivity index (χ4n) is 3.05. The van der Waals surface area contributed by atoms with Crippen molar-refractivity contribution in [2.24, 2.45) is 5.41 Å². The van der Waals surface area contributed by atoms with E-state index in [0.717, 1.165) is 9.20 Å². The van der Waals surface area contributed by atoms with Gasteiger partial charge in [0.15, 0.2) is 11.8 Å². The highest BCUT2D eigenvalue weighted by molar-refractivity contribution is 9.10. The second-order valence-electron chi connectivity index (χ2n) is 6.54. The molecule has 0 radical (unpaired) electrons. The molecule has 1 aromatic heterocycles. The van der Waals surface area contributed by atoms with Crippen LogP contribution in [0, 0.1) is 10.6 Å². The highest BCUT2D eigenvalue weighted by Crippen LogP contribution is 2.46. The van der Waals surface area contributed by atoms with Crippen LogP contribution in [0.2, 0.25) is 0 Å². The van der Waals surface area contributed by atoms with Gasteiger partial charge in [-0.3, -0.25) is 0 Å². The molecule has 0 spiro atoms. The third-order valence-electron chi connectivity index (χ3n) is 3.99. The van der Waals surface area contributed by atoms with Crippen LogP contribution in [0.25, 0.3) is 0 Å². The molecule has 1 N–H and O–H groups in total. The summed E-state index contributed by atoms with van der Waals surface area (Å²) in [7, 11) is 0. The van der Waals surface area contributed by atoms with E-state index in [1.54, 1.807) is 18.2 Å². The van der Waals surface area contributed by atoms with Crippen molar-refractivity contribution in [1.29, 1.82) is 0 Å². The molecule has 4 nitrogen and oxygen atoms in total. The first kappa shape index (κ1) is 15.3. The highest BCUT2D eigenvalue weighted by atomic mass is 79.9. The van der Waals surface area contributed by atoms with E-state index in [2.05, 4.69) is 15.9 Å². The topological polar surface area (TPSA) is 56.4 Å². The molecular weight excluding hydrogens is 346 g/mol. The number of pyridine rings is 1. The molecule has 1 unspecified atom stereocenters. The average Bonchev–Trinajstić information content (AvgIpc) is 2.54. The number of halogens is 1. The van der Waals surface area contributed by atoms with Crippen LogP contribution >= 0.6 is 15.9 Å². The van der Waals surface area contributed by atoms with Gasteiger partial charge in [-0.05, 0) is 24.6 Å². The van der Waals surface area contributed by atoms with Crippen LogP contribution in [-0.2, 0) is 5.60 Å². The Hall–Kier alpha value is -1.59. The lowest BCUT2D eigenvalue weighted by Crippen LogP contribution is -2.44. The van der Waals surface area contributed by atoms with Gasteiger partial charge in [-0.25, -0.2) is 0 Å². The number of hydrogen-bond donors (Lipinski definition) is 1. The SMILES string of the molecule is CC1(C)COc2cc(Br)ccc2C(O)(c2cccc[n+]2[O-])C1. The third-order valence-corrected chi connectivity index (χ3v) is 4.48. The Bertz CT molecular complexity index is 717. The van der Waals surface area contributed by atoms with Gasteiger partial charge in [-0.15, -0.1) is 0 Å². The Kier molecular flexibility index (Phi) is 3.65. The Balaban J connectivity index is 2.25. The monoisotopic (exact) mass is 363 g/mol. The minimum atomic E-state index is -1.39. The molecule has 0 amide bonds. The summed E-state index contributed by atoms with van der Waals surface area (Å²) in [6.45, 7) is 4.53. The van der Waals surface area contributed by atoms with E-state index in [4.69, 9.17) is 4.74 Å². The quantitative estimate of drug-likeness (QED) is 0.625. The summed E-state index contributed by atoms with van der Waals surface area (Å²) in [4.78, 5) is 0. The van der Waals surface area contributed by atoms with Crippen molar-refractivity contribution in [1.82, 2.24) is 0 Å². The maximum absolute atomic E-state index is 12.2. The molecule has 0 aliphatic carbocycles. The molecule has 0 saturated heterocycles. The molecule has 1 aliphatic heterocycles. The van der Waals surface area contributed by atoms with Crippen LogP contribution in [0.3, 0.4) is 0 Å². The number of aliphatic hydroxyl groups is 1. The molecule has 1 aromatic carbocycles. The van der Waals surface area contributed by atoms with Gasteiger partial charge in [0.2, 0.25) is 5.69 Å². The predicted molar refractivity (Wildman–Crippen MR) is 86.4 cm³/mol. The second-order valence-corrected chi connectivity index (χ2v) is 7.46. The average molecular weight is 364 g/mol. The van der Waals surface area contributed by atoms with Crippen molar-refractivity contribution < 1.29 is 14.6 Å². The molecule has 116 valence electrons. The van der Waals surface area contributed by atoms with Gasteiger partial charge >= 0.3 is 0 Å². The molecule has 1 atom stereocenters. The summed E-state index contributed by atoms with van der Waals surface area (Å²) >= 11 is 3.42. The van der Waals surface area contributed by atoms with Crippen molar-refractivity contribution >= 4 is 15.9 Å². The first-order chi connectivity index (χ1) is 10.3. The number of fused-ring (bicyclic) bond motifs is 1. The van der Waals surface area contributed by atoms with Crippen LogP contribution in [-0.4, -0.2) is 11.7 Å². The fourth-order valence-corrected chi connectivity index (χ4v) is 3.39. The number of hydrogen-bond acceptors (Lipinski definition) is 3. The summed E-state index contributed by atoms with van der Waals surface area (Å²) in [5, 5.41) is 23.7. The van der Waals surface area contributed by atoms with Gasteiger partial charge in [0.05, 0.1) is 6.61 Å². The van der Waals surface area contributed by atoms with Gasteiger partial charge in [-0.2, -0.15) is 4.73 Å². The Labute approximate surface area is 138 Å². The molecule has 5 heteroatoms. The summed E-state index contributed by atoms with van der Waals surface area (Å²) in [6, 6.07) is 10.6. The Morgan fingerprint density at radius 3 is 2.77 bits per heavy atom. The predicted octanol–water partition coefficient (Wildman–Crippen LogP) is 3.13. The summed E-state index contributed by atoms with van der Waals surface area (Å²) in [5.41, 5.74) is -0.725. The first-order valence-corrected chi connectivity index (χ1v) is 7.95. The third kappa shape index (κ3) is 2.59. The first-order valence-electron chi connectivity index (χ1n) is 7.16. The molecule has 2 aromatic rings. The van der Waals surface area contributed by atoms with Crippen LogP contribution in [0.5, 0.6) is 5.75 Å². The summed E-state index contributed by atoms with van der Waals surface area (Å²) < 4.78 is 7.50. The van der Waals surface area contributed by atoms with E-state index in [1.165, 1.54) is 6.20 Å². The zero-order valence-corrected chi connectivity index (χ0v) is 14.1. The molecule has 2 heterocycles. The zero-order chi connectivity index (χ0) is 16.0. The maximum Gasteiger partial charge on any atom is 0.229 e. The molecular formula is C17H18BrNO3. The zero-order valence-electron chi connectivity index (χ0n) is 12.5. The Morgan fingerprint density at radius 2 is 2.05 bits per heavy atom. The number of benzene rings is 1. The fraction of sp³-hybridized carbons (Fsp3) is 0.353. The number of ether oxygens (including phenoxy) is 1. The van der Waals surface area contributed by atoms with Gasteiger partial charge in [0, 0.05) is 27.6 Å². The van der Waals surface area contributed by atoms with E-state index in [0.29, 0.717) is 30.0 Å². The van der Waals surface area contributed by atoms with Gasteiger partial charge in [0.25, 0.3) is 0 Å². The van der Waals surface area contributed by atoms with Crippen molar-refractivity contribution in [3.63, 3.8) is 0 Å². The summed E-state index contributed by atoms with van der Waals surface area (Å²) in [6.07, 6.45) is 1.81. The Morgan fingerprint density at radius 1 is 1.27 bits per heavy atom. The number of aromatic nitrogens is 1. The molecule has 0 fully saturated rings. The lowest BCUT2D eigenvalue weighted by molar-refractivity contribution is -0.622. The maximum atomic E-state index is 12.2. The van der Waals surface area contributed by atoms with Crippen LogP contribution in [0.15, 0.2) is 47.1 Å². The van der Waals surface area contributed by atoms with Gasteiger partial charge < -0.3 is 15.1 Å². The number of nitrogens with zero attached hydrogens (tertiary/aromatic N) is 1. The lowest BCUT2D eigenvalue weighted by atomic mass is 9.76. The van der Waals surface area contributed by atoms with Crippen molar-refractivity contribution in [2.45, 2.75) is 25.9 Å². The van der Waals surface area contributed by atoms with Crippen LogP contribution in [0.4, 0.5) is 0 Å². The second kappa shape index (κ2) is 5.25. The smallest absolute Gasteiger partial charge is 0.229 e. The van der Waals surface area contributed by atoms with Crippen molar-refractivity contribution in [3.8, 4) is 5.75 Å². The minimum absolute atomic E-state index is 0.275. The molecule has 3 rings (SSSR count). The standard InChI is InChI=1S/C17H18BrNO3/c1-16(2)10-17(20,15-5-3-4-8-19(15)21)13-7-6-12(18)9-14(13)22-11-16/h3-9,20H,10-11H2,1-2H3. The van der Waals surface area contributed by atoms with Gasteiger partial charge in [-0.1, -0.05) is 35.8 Å². The highest BCUT2D eigenvalue weighted by Gasteiger charge is 2.47.